The smallest absolute Gasteiger partial charge is 0.251 e. The predicted octanol–water partition coefficient (Wildman–Crippen LogP) is 2.76. The van der Waals surface area contributed by atoms with E-state index in [0.717, 1.165) is 19.0 Å². The molecule has 4 nitrogen and oxygen atoms in total. The second-order valence-electron chi connectivity index (χ2n) is 6.87. The van der Waals surface area contributed by atoms with Crippen LogP contribution in [0.1, 0.15) is 44.0 Å². The number of nitrogens with one attached hydrogen (secondary N) is 1. The molecule has 1 aromatic carbocycles. The molecule has 2 rings (SSSR count). The molecule has 1 amide bonds. The Labute approximate surface area is 134 Å². The van der Waals surface area contributed by atoms with E-state index in [-0.39, 0.29) is 5.91 Å². The van der Waals surface area contributed by atoms with Crippen LogP contribution < -0.4 is 11.1 Å². The average molecular weight is 303 g/mol. The molecule has 1 aromatic rings. The number of likely N-dealkylation sites (tertiary alicyclic amines) is 1. The van der Waals surface area contributed by atoms with Crippen LogP contribution in [0.4, 0.5) is 5.69 Å². The van der Waals surface area contributed by atoms with Crippen LogP contribution in [0.25, 0.3) is 0 Å². The summed E-state index contributed by atoms with van der Waals surface area (Å²) in [6.07, 6.45) is 2.51. The van der Waals surface area contributed by atoms with E-state index >= 15 is 0 Å². The van der Waals surface area contributed by atoms with E-state index in [1.807, 2.05) is 6.07 Å². The van der Waals surface area contributed by atoms with Crippen molar-refractivity contribution < 1.29 is 4.79 Å². The number of carbonyl (C=O) groups excluding carboxylic acids is 1. The van der Waals surface area contributed by atoms with Gasteiger partial charge in [-0.15, -0.1) is 0 Å². The Hall–Kier alpha value is -1.55. The number of carbonyl (C=O) groups is 1. The summed E-state index contributed by atoms with van der Waals surface area (Å²) in [6.45, 7) is 9.75. The van der Waals surface area contributed by atoms with Gasteiger partial charge in [0.25, 0.3) is 5.91 Å². The molecule has 1 aliphatic heterocycles. The van der Waals surface area contributed by atoms with Crippen LogP contribution in [-0.2, 0) is 0 Å². The summed E-state index contributed by atoms with van der Waals surface area (Å²) in [5.74, 6) is 1.31. The molecule has 1 fully saturated rings. The topological polar surface area (TPSA) is 58.4 Å². The Morgan fingerprint density at radius 2 is 2.05 bits per heavy atom. The summed E-state index contributed by atoms with van der Waals surface area (Å²) in [4.78, 5) is 14.8. The normalized spacial score (nSPS) is 18.4. The van der Waals surface area contributed by atoms with Crippen molar-refractivity contribution in [3.8, 4) is 0 Å². The lowest BCUT2D eigenvalue weighted by atomic mass is 9.94. The molecule has 122 valence electrons. The Bertz CT molecular complexity index is 493. The van der Waals surface area contributed by atoms with Gasteiger partial charge in [-0.05, 0) is 56.0 Å². The van der Waals surface area contributed by atoms with Crippen molar-refractivity contribution in [1.29, 1.82) is 0 Å². The molecule has 1 unspecified atom stereocenters. The van der Waals surface area contributed by atoms with Crippen LogP contribution in [0.5, 0.6) is 0 Å². The molecule has 4 heteroatoms. The van der Waals surface area contributed by atoms with Crippen molar-refractivity contribution in [3.05, 3.63) is 29.8 Å². The van der Waals surface area contributed by atoms with Gasteiger partial charge < -0.3 is 11.1 Å². The van der Waals surface area contributed by atoms with Crippen molar-refractivity contribution in [2.24, 2.45) is 11.8 Å². The van der Waals surface area contributed by atoms with Gasteiger partial charge in [-0.2, -0.15) is 0 Å². The van der Waals surface area contributed by atoms with Gasteiger partial charge in [-0.1, -0.05) is 26.8 Å². The van der Waals surface area contributed by atoms with Crippen LogP contribution >= 0.6 is 0 Å². The van der Waals surface area contributed by atoms with Gasteiger partial charge in [-0.25, -0.2) is 0 Å². The second kappa shape index (κ2) is 7.63. The third-order valence-corrected chi connectivity index (χ3v) is 4.68. The second-order valence-corrected chi connectivity index (χ2v) is 6.87. The van der Waals surface area contributed by atoms with Crippen LogP contribution in [0, 0.1) is 11.8 Å². The van der Waals surface area contributed by atoms with Gasteiger partial charge in [0.05, 0.1) is 0 Å². The zero-order valence-electron chi connectivity index (χ0n) is 14.0. The van der Waals surface area contributed by atoms with E-state index in [9.17, 15) is 4.79 Å². The van der Waals surface area contributed by atoms with Gasteiger partial charge in [0.15, 0.2) is 0 Å². The minimum atomic E-state index is -0.0386. The Kier molecular flexibility index (Phi) is 5.83. The van der Waals surface area contributed by atoms with Crippen molar-refractivity contribution in [2.75, 3.05) is 25.4 Å². The van der Waals surface area contributed by atoms with Crippen molar-refractivity contribution >= 4 is 11.6 Å². The summed E-state index contributed by atoms with van der Waals surface area (Å²) in [5, 5.41) is 3.08. The summed E-state index contributed by atoms with van der Waals surface area (Å²) >= 11 is 0. The highest BCUT2D eigenvalue weighted by atomic mass is 16.1. The number of amides is 1. The maximum absolute atomic E-state index is 12.3. The molecule has 3 N–H and O–H groups in total. The average Bonchev–Trinajstić information content (AvgIpc) is 2.48. The lowest BCUT2D eigenvalue weighted by Gasteiger charge is -2.38. The van der Waals surface area contributed by atoms with E-state index in [0.29, 0.717) is 29.8 Å². The zero-order chi connectivity index (χ0) is 16.1. The summed E-state index contributed by atoms with van der Waals surface area (Å²) in [5.41, 5.74) is 7.00. The quantitative estimate of drug-likeness (QED) is 0.822. The number of hydrogen-bond donors (Lipinski definition) is 2. The maximum atomic E-state index is 12.3. The number of rotatable bonds is 5. The zero-order valence-corrected chi connectivity index (χ0v) is 14.0. The van der Waals surface area contributed by atoms with Crippen molar-refractivity contribution in [2.45, 2.75) is 39.7 Å². The number of benzene rings is 1. The fourth-order valence-corrected chi connectivity index (χ4v) is 3.13. The standard InChI is InChI=1S/C18H29N3O/c1-13(2)17(21-9-7-14(3)8-10-21)12-20-18(22)15-5-4-6-16(19)11-15/h4-6,11,13-14,17H,7-10,12,19H2,1-3H3,(H,20,22). The number of nitrogens with zero attached hydrogens (tertiary/aromatic N) is 1. The van der Waals surface area contributed by atoms with Crippen LogP contribution in [0.3, 0.4) is 0 Å². The molecule has 1 atom stereocenters. The van der Waals surface area contributed by atoms with Gasteiger partial charge in [0.1, 0.15) is 0 Å². The fourth-order valence-electron chi connectivity index (χ4n) is 3.13. The molecule has 1 heterocycles. The van der Waals surface area contributed by atoms with Gasteiger partial charge in [0, 0.05) is 23.8 Å². The first-order valence-electron chi connectivity index (χ1n) is 8.35. The van der Waals surface area contributed by atoms with Gasteiger partial charge >= 0.3 is 0 Å². The van der Waals surface area contributed by atoms with Crippen LogP contribution in [0.15, 0.2) is 24.3 Å². The number of hydrogen-bond acceptors (Lipinski definition) is 3. The number of anilines is 1. The Morgan fingerprint density at radius 1 is 1.36 bits per heavy atom. The van der Waals surface area contributed by atoms with Gasteiger partial charge in [-0.3, -0.25) is 9.69 Å². The summed E-state index contributed by atoms with van der Waals surface area (Å²) in [7, 11) is 0. The van der Waals surface area contributed by atoms with E-state index < -0.39 is 0 Å². The molecule has 0 spiro atoms. The highest BCUT2D eigenvalue weighted by molar-refractivity contribution is 5.94. The third-order valence-electron chi connectivity index (χ3n) is 4.68. The van der Waals surface area contributed by atoms with Crippen LogP contribution in [-0.4, -0.2) is 36.5 Å². The summed E-state index contributed by atoms with van der Waals surface area (Å²) < 4.78 is 0. The first-order chi connectivity index (χ1) is 10.5. The van der Waals surface area contributed by atoms with E-state index in [1.54, 1.807) is 18.2 Å². The number of piperidine rings is 1. The molecule has 0 saturated carbocycles. The van der Waals surface area contributed by atoms with E-state index in [1.165, 1.54) is 12.8 Å². The third kappa shape index (κ3) is 4.47. The summed E-state index contributed by atoms with van der Waals surface area (Å²) in [6, 6.07) is 7.54. The highest BCUT2D eigenvalue weighted by Gasteiger charge is 2.26. The van der Waals surface area contributed by atoms with Crippen LogP contribution in [0.2, 0.25) is 0 Å². The monoisotopic (exact) mass is 303 g/mol. The minimum Gasteiger partial charge on any atom is -0.399 e. The molecule has 1 aliphatic rings. The molecular formula is C18H29N3O. The fraction of sp³-hybridized carbons (Fsp3) is 0.611. The first kappa shape index (κ1) is 16.8. The van der Waals surface area contributed by atoms with E-state index in [4.69, 9.17) is 5.73 Å². The van der Waals surface area contributed by atoms with E-state index in [2.05, 4.69) is 31.0 Å². The maximum Gasteiger partial charge on any atom is 0.251 e. The molecule has 1 saturated heterocycles. The molecule has 0 aromatic heterocycles. The Balaban J connectivity index is 1.93. The molecule has 0 aliphatic carbocycles. The molecule has 0 radical (unpaired) electrons. The van der Waals surface area contributed by atoms with Crippen molar-refractivity contribution in [1.82, 2.24) is 10.2 Å². The van der Waals surface area contributed by atoms with Crippen molar-refractivity contribution in [3.63, 3.8) is 0 Å². The SMILES string of the molecule is CC1CCN(C(CNC(=O)c2cccc(N)c2)C(C)C)CC1. The number of nitrogen functional groups attached to an aromatic ring is 1. The number of nitrogens with two attached hydrogens (primary N) is 1. The first-order valence-corrected chi connectivity index (χ1v) is 8.35. The minimum absolute atomic E-state index is 0.0386. The molecular weight excluding hydrogens is 274 g/mol. The lowest BCUT2D eigenvalue weighted by molar-refractivity contribution is 0.0863. The highest BCUT2D eigenvalue weighted by Crippen LogP contribution is 2.21. The largest absolute Gasteiger partial charge is 0.399 e. The predicted molar refractivity (Wildman–Crippen MR) is 91.8 cm³/mol. The Morgan fingerprint density at radius 3 is 2.64 bits per heavy atom. The lowest BCUT2D eigenvalue weighted by Crippen LogP contribution is -2.49. The molecule has 22 heavy (non-hydrogen) atoms. The van der Waals surface area contributed by atoms with Gasteiger partial charge in [0.2, 0.25) is 0 Å². The molecule has 0 bridgehead atoms.